The van der Waals surface area contributed by atoms with Crippen LogP contribution in [0.25, 0.3) is 0 Å². The number of benzene rings is 1. The average molecular weight is 399 g/mol. The van der Waals surface area contributed by atoms with Crippen molar-refractivity contribution in [2.45, 2.75) is 16.1 Å². The number of carbonyl (C=O) groups excluding carboxylic acids is 2. The number of amides is 2. The number of para-hydroxylation sites is 1. The summed E-state index contributed by atoms with van der Waals surface area (Å²) in [4.78, 5) is 27.4. The summed E-state index contributed by atoms with van der Waals surface area (Å²) in [6.07, 6.45) is 0.973. The van der Waals surface area contributed by atoms with Crippen LogP contribution < -0.4 is 4.90 Å². The van der Waals surface area contributed by atoms with E-state index in [4.69, 9.17) is 0 Å². The smallest absolute Gasteiger partial charge is 0.238 e. The number of alkyl halides is 2. The zero-order chi connectivity index (χ0) is 14.0. The Morgan fingerprint density at radius 3 is 1.90 bits per heavy atom. The summed E-state index contributed by atoms with van der Waals surface area (Å²) in [5.74, 6) is 0.265. The number of fused-ring (bicyclic) bond motifs is 5. The molecular weight excluding hydrogens is 386 g/mol. The molecule has 1 saturated heterocycles. The van der Waals surface area contributed by atoms with Gasteiger partial charge in [-0.3, -0.25) is 14.5 Å². The molecule has 20 heavy (non-hydrogen) atoms. The lowest BCUT2D eigenvalue weighted by atomic mass is 9.81. The Hall–Kier alpha value is -0.680. The van der Waals surface area contributed by atoms with Gasteiger partial charge in [-0.15, -0.1) is 0 Å². The predicted molar refractivity (Wildman–Crippen MR) is 82.9 cm³/mol. The highest BCUT2D eigenvalue weighted by Gasteiger charge is 2.66. The van der Waals surface area contributed by atoms with Crippen LogP contribution in [0.2, 0.25) is 0 Å². The highest BCUT2D eigenvalue weighted by Crippen LogP contribution is 2.60. The number of nitrogens with zero attached hydrogens (tertiary/aromatic N) is 1. The van der Waals surface area contributed by atoms with Gasteiger partial charge in [0.15, 0.2) is 0 Å². The number of halogens is 2. The van der Waals surface area contributed by atoms with E-state index in [9.17, 15) is 9.59 Å². The second kappa shape index (κ2) is 4.41. The normalized spacial score (nSPS) is 42.4. The van der Waals surface area contributed by atoms with E-state index in [2.05, 4.69) is 31.9 Å². The lowest BCUT2D eigenvalue weighted by molar-refractivity contribution is -0.123. The number of carbonyl (C=O) groups is 2. The fourth-order valence-corrected chi connectivity index (χ4v) is 6.05. The third-order valence-electron chi connectivity index (χ3n) is 5.00. The van der Waals surface area contributed by atoms with Gasteiger partial charge in [0.2, 0.25) is 11.8 Å². The molecule has 3 fully saturated rings. The molecule has 2 amide bonds. The Balaban J connectivity index is 1.75. The van der Waals surface area contributed by atoms with Crippen molar-refractivity contribution in [1.29, 1.82) is 0 Å². The van der Waals surface area contributed by atoms with Crippen LogP contribution >= 0.6 is 31.9 Å². The standard InChI is InChI=1S/C15H13Br2NO2/c16-12-8-6-9(13(12)17)11-10(8)14(19)18(15(11)20)7-4-2-1-3-5-7/h1-5,8-13H,6H2/t8-,9-,10-,11+,12+,13+/m1/s1. The second-order valence-corrected chi connectivity index (χ2v) is 7.97. The average Bonchev–Trinajstić information content (AvgIpc) is 3.05. The molecule has 1 aromatic rings. The first-order valence-electron chi connectivity index (χ1n) is 6.82. The van der Waals surface area contributed by atoms with Crippen LogP contribution in [0.1, 0.15) is 6.42 Å². The summed E-state index contributed by atoms with van der Waals surface area (Å²) in [7, 11) is 0. The van der Waals surface area contributed by atoms with Crippen molar-refractivity contribution in [3.05, 3.63) is 30.3 Å². The Kier molecular flexibility index (Phi) is 2.87. The number of anilines is 1. The van der Waals surface area contributed by atoms with E-state index < -0.39 is 0 Å². The Bertz CT molecular complexity index is 559. The van der Waals surface area contributed by atoms with Gasteiger partial charge in [-0.05, 0) is 30.4 Å². The van der Waals surface area contributed by atoms with Crippen LogP contribution in [0, 0.1) is 23.7 Å². The second-order valence-electron chi connectivity index (χ2n) is 5.85. The maximum atomic E-state index is 12.7. The van der Waals surface area contributed by atoms with Crippen LogP contribution in [0.3, 0.4) is 0 Å². The molecule has 6 atom stereocenters. The third kappa shape index (κ3) is 1.51. The van der Waals surface area contributed by atoms with Crippen LogP contribution in [0.15, 0.2) is 30.3 Å². The van der Waals surface area contributed by atoms with Crippen LogP contribution in [-0.4, -0.2) is 21.5 Å². The van der Waals surface area contributed by atoms with Crippen LogP contribution in [0.4, 0.5) is 5.69 Å². The van der Waals surface area contributed by atoms with E-state index in [1.807, 2.05) is 30.3 Å². The molecule has 0 unspecified atom stereocenters. The number of rotatable bonds is 1. The van der Waals surface area contributed by atoms with E-state index in [-0.39, 0.29) is 35.5 Å². The molecule has 2 saturated carbocycles. The molecule has 0 spiro atoms. The summed E-state index contributed by atoms with van der Waals surface area (Å²) >= 11 is 7.38. The SMILES string of the molecule is O=C1[C@@H]2[C@H]3C[C@@H]([C@H](Br)[C@H]3Br)[C@@H]2C(=O)N1c1ccccc1. The summed E-state index contributed by atoms with van der Waals surface area (Å²) in [6, 6.07) is 9.27. The number of hydrogen-bond acceptors (Lipinski definition) is 2. The van der Waals surface area contributed by atoms with Crippen molar-refractivity contribution in [2.75, 3.05) is 4.90 Å². The first kappa shape index (κ1) is 13.0. The minimum atomic E-state index is -0.133. The highest BCUT2D eigenvalue weighted by atomic mass is 79.9. The molecule has 1 aromatic carbocycles. The van der Waals surface area contributed by atoms with Crippen molar-refractivity contribution < 1.29 is 9.59 Å². The predicted octanol–water partition coefficient (Wildman–Crippen LogP) is 2.97. The third-order valence-corrected chi connectivity index (χ3v) is 8.21. The number of hydrogen-bond donors (Lipinski definition) is 0. The lowest BCUT2D eigenvalue weighted by Crippen LogP contribution is -2.37. The Morgan fingerprint density at radius 1 is 0.900 bits per heavy atom. The van der Waals surface area contributed by atoms with Gasteiger partial charge in [0.25, 0.3) is 0 Å². The zero-order valence-electron chi connectivity index (χ0n) is 10.6. The Morgan fingerprint density at radius 2 is 1.40 bits per heavy atom. The quantitative estimate of drug-likeness (QED) is 0.538. The molecule has 1 heterocycles. The van der Waals surface area contributed by atoms with Crippen molar-refractivity contribution in [3.8, 4) is 0 Å². The van der Waals surface area contributed by atoms with Crippen LogP contribution in [-0.2, 0) is 9.59 Å². The van der Waals surface area contributed by atoms with Gasteiger partial charge in [0.05, 0.1) is 17.5 Å². The zero-order valence-corrected chi connectivity index (χ0v) is 13.7. The molecule has 3 aliphatic rings. The van der Waals surface area contributed by atoms with E-state index >= 15 is 0 Å². The van der Waals surface area contributed by atoms with E-state index in [1.54, 1.807) is 0 Å². The van der Waals surface area contributed by atoms with E-state index in [0.29, 0.717) is 15.3 Å². The first-order chi connectivity index (χ1) is 9.61. The minimum Gasteiger partial charge on any atom is -0.274 e. The summed E-state index contributed by atoms with van der Waals surface area (Å²) in [5.41, 5.74) is 0.702. The summed E-state index contributed by atoms with van der Waals surface area (Å²) in [5, 5.41) is 0. The van der Waals surface area contributed by atoms with Gasteiger partial charge in [0.1, 0.15) is 0 Å². The lowest BCUT2D eigenvalue weighted by Gasteiger charge is -2.28. The molecule has 1 aliphatic heterocycles. The molecule has 3 nitrogen and oxygen atoms in total. The molecule has 104 valence electrons. The van der Waals surface area contributed by atoms with Crippen molar-refractivity contribution in [2.24, 2.45) is 23.7 Å². The molecule has 5 heteroatoms. The molecule has 4 rings (SSSR count). The fourth-order valence-electron chi connectivity index (χ4n) is 4.18. The highest BCUT2D eigenvalue weighted by molar-refractivity contribution is 9.12. The van der Waals surface area contributed by atoms with Gasteiger partial charge in [-0.2, -0.15) is 0 Å². The Labute approximate surface area is 134 Å². The van der Waals surface area contributed by atoms with E-state index in [1.165, 1.54) is 4.90 Å². The topological polar surface area (TPSA) is 37.4 Å². The molecule has 0 aromatic heterocycles. The van der Waals surface area contributed by atoms with Gasteiger partial charge in [-0.1, -0.05) is 50.1 Å². The van der Waals surface area contributed by atoms with Gasteiger partial charge < -0.3 is 0 Å². The van der Waals surface area contributed by atoms with Crippen molar-refractivity contribution in [1.82, 2.24) is 0 Å². The molecule has 2 aliphatic carbocycles. The summed E-state index contributed by atoms with van der Waals surface area (Å²) < 4.78 is 0. The maximum Gasteiger partial charge on any atom is 0.238 e. The maximum absolute atomic E-state index is 12.7. The molecule has 2 bridgehead atoms. The van der Waals surface area contributed by atoms with Gasteiger partial charge in [0, 0.05) is 9.65 Å². The molecular formula is C15H13Br2NO2. The first-order valence-corrected chi connectivity index (χ1v) is 8.65. The number of imide groups is 1. The fraction of sp³-hybridized carbons (Fsp3) is 0.467. The molecule has 0 N–H and O–H groups in total. The van der Waals surface area contributed by atoms with Crippen molar-refractivity contribution >= 4 is 49.4 Å². The minimum absolute atomic E-state index is 0.0115. The van der Waals surface area contributed by atoms with Gasteiger partial charge >= 0.3 is 0 Å². The van der Waals surface area contributed by atoms with Gasteiger partial charge in [-0.25, -0.2) is 0 Å². The largest absolute Gasteiger partial charge is 0.274 e. The van der Waals surface area contributed by atoms with E-state index in [0.717, 1.165) is 6.42 Å². The monoisotopic (exact) mass is 397 g/mol. The molecule has 0 radical (unpaired) electrons. The summed E-state index contributed by atoms with van der Waals surface area (Å²) in [6.45, 7) is 0. The van der Waals surface area contributed by atoms with Crippen molar-refractivity contribution in [3.63, 3.8) is 0 Å². The van der Waals surface area contributed by atoms with Crippen LogP contribution in [0.5, 0.6) is 0 Å².